The van der Waals surface area contributed by atoms with Crippen LogP contribution in [0.25, 0.3) is 0 Å². The number of rotatable bonds is 2. The third-order valence-corrected chi connectivity index (χ3v) is 3.93. The number of hydrogen-bond donors (Lipinski definition) is 1. The lowest BCUT2D eigenvalue weighted by atomic mass is 9.78. The standard InChI is InChI=1S/C13H19BN2O4/c1-12(2)13(3,4)20-14(19-12)9-7-16-6-8(10(9)15)11(17)18-5/h6-7H,1-5H3,(H2,15,16). The smallest absolute Gasteiger partial charge is 0.465 e. The quantitative estimate of drug-likeness (QED) is 0.635. The Balaban J connectivity index is 2.39. The van der Waals surface area contributed by atoms with E-state index in [4.69, 9.17) is 15.0 Å². The van der Waals surface area contributed by atoms with Crippen molar-refractivity contribution in [3.8, 4) is 0 Å². The Kier molecular flexibility index (Phi) is 3.52. The first-order valence-corrected chi connectivity index (χ1v) is 6.37. The fourth-order valence-electron chi connectivity index (χ4n) is 1.92. The predicted octanol–water partition coefficient (Wildman–Crippen LogP) is 0.750. The highest BCUT2D eigenvalue weighted by atomic mass is 16.7. The number of carbonyl (C=O) groups excluding carboxylic acids is 1. The number of nitrogens with zero attached hydrogens (tertiary/aromatic N) is 1. The van der Waals surface area contributed by atoms with Crippen LogP contribution < -0.4 is 11.2 Å². The minimum absolute atomic E-state index is 0.208. The second kappa shape index (κ2) is 4.75. The maximum absolute atomic E-state index is 11.6. The largest absolute Gasteiger partial charge is 0.498 e. The summed E-state index contributed by atoms with van der Waals surface area (Å²) in [6.45, 7) is 7.78. The first-order valence-electron chi connectivity index (χ1n) is 6.37. The second-order valence-electron chi connectivity index (χ2n) is 5.77. The molecule has 7 heteroatoms. The SMILES string of the molecule is COC(=O)c1cncc(B2OC(C)(C)C(C)(C)O2)c1N. The first kappa shape index (κ1) is 14.8. The Hall–Kier alpha value is -1.60. The highest BCUT2D eigenvalue weighted by Crippen LogP contribution is 2.36. The van der Waals surface area contributed by atoms with Crippen LogP contribution in [0.4, 0.5) is 5.69 Å². The summed E-state index contributed by atoms with van der Waals surface area (Å²) in [5.41, 5.74) is 6.07. The van der Waals surface area contributed by atoms with E-state index in [9.17, 15) is 4.79 Å². The highest BCUT2D eigenvalue weighted by molar-refractivity contribution is 6.64. The topological polar surface area (TPSA) is 83.7 Å². The van der Waals surface area contributed by atoms with Gasteiger partial charge >= 0.3 is 13.1 Å². The van der Waals surface area contributed by atoms with Gasteiger partial charge in [-0.15, -0.1) is 0 Å². The molecule has 0 unspecified atom stereocenters. The summed E-state index contributed by atoms with van der Waals surface area (Å²) in [5.74, 6) is -0.534. The van der Waals surface area contributed by atoms with Crippen molar-refractivity contribution in [1.29, 1.82) is 0 Å². The molecule has 2 N–H and O–H groups in total. The molecule has 0 amide bonds. The van der Waals surface area contributed by atoms with E-state index in [1.54, 1.807) is 6.20 Å². The van der Waals surface area contributed by atoms with Crippen LogP contribution in [-0.2, 0) is 14.0 Å². The van der Waals surface area contributed by atoms with Crippen molar-refractivity contribution in [2.75, 3.05) is 12.8 Å². The van der Waals surface area contributed by atoms with Crippen LogP contribution in [0.15, 0.2) is 12.4 Å². The molecular formula is C13H19BN2O4. The summed E-state index contributed by atoms with van der Waals surface area (Å²) in [5, 5.41) is 0. The van der Waals surface area contributed by atoms with Crippen molar-refractivity contribution in [3.63, 3.8) is 0 Å². The fourth-order valence-corrected chi connectivity index (χ4v) is 1.92. The normalized spacial score (nSPS) is 19.9. The van der Waals surface area contributed by atoms with Crippen LogP contribution in [0.1, 0.15) is 38.1 Å². The van der Waals surface area contributed by atoms with Gasteiger partial charge in [0.25, 0.3) is 0 Å². The maximum atomic E-state index is 11.6. The van der Waals surface area contributed by atoms with Gasteiger partial charge in [0.05, 0.1) is 18.3 Å². The van der Waals surface area contributed by atoms with Gasteiger partial charge in [0.15, 0.2) is 0 Å². The molecule has 1 saturated heterocycles. The molecule has 0 spiro atoms. The van der Waals surface area contributed by atoms with Crippen LogP contribution >= 0.6 is 0 Å². The molecule has 1 fully saturated rings. The Morgan fingerprint density at radius 2 is 1.80 bits per heavy atom. The van der Waals surface area contributed by atoms with Gasteiger partial charge < -0.3 is 19.8 Å². The van der Waals surface area contributed by atoms with E-state index in [1.807, 2.05) is 27.7 Å². The molecule has 2 rings (SSSR count). The molecule has 0 saturated carbocycles. The van der Waals surface area contributed by atoms with E-state index in [0.29, 0.717) is 5.46 Å². The van der Waals surface area contributed by atoms with Gasteiger partial charge in [0, 0.05) is 23.5 Å². The lowest BCUT2D eigenvalue weighted by Crippen LogP contribution is -2.41. The van der Waals surface area contributed by atoms with Crippen molar-refractivity contribution in [3.05, 3.63) is 18.0 Å². The molecule has 2 heterocycles. The number of anilines is 1. The molecule has 0 aromatic carbocycles. The summed E-state index contributed by atoms with van der Waals surface area (Å²) in [6.07, 6.45) is 2.92. The van der Waals surface area contributed by atoms with E-state index in [0.717, 1.165) is 0 Å². The Morgan fingerprint density at radius 1 is 1.25 bits per heavy atom. The molecule has 1 aromatic heterocycles. The monoisotopic (exact) mass is 278 g/mol. The van der Waals surface area contributed by atoms with Gasteiger partial charge in [-0.25, -0.2) is 4.79 Å². The van der Waals surface area contributed by atoms with Crippen molar-refractivity contribution >= 4 is 24.2 Å². The first-order chi connectivity index (χ1) is 9.19. The van der Waals surface area contributed by atoms with Gasteiger partial charge in [0.1, 0.15) is 5.56 Å². The number of nitrogen functional groups attached to an aromatic ring is 1. The molecule has 20 heavy (non-hydrogen) atoms. The number of carbonyl (C=O) groups is 1. The van der Waals surface area contributed by atoms with Gasteiger partial charge in [0.2, 0.25) is 0 Å². The summed E-state index contributed by atoms with van der Waals surface area (Å²) in [6, 6.07) is 0. The van der Waals surface area contributed by atoms with Crippen molar-refractivity contribution < 1.29 is 18.8 Å². The molecule has 1 aliphatic rings. The van der Waals surface area contributed by atoms with E-state index >= 15 is 0 Å². The van der Waals surface area contributed by atoms with Crippen molar-refractivity contribution in [2.45, 2.75) is 38.9 Å². The molecule has 1 aliphatic heterocycles. The molecule has 0 atom stereocenters. The van der Waals surface area contributed by atoms with Gasteiger partial charge in [-0.2, -0.15) is 0 Å². The predicted molar refractivity (Wildman–Crippen MR) is 75.7 cm³/mol. The summed E-state index contributed by atoms with van der Waals surface area (Å²) < 4.78 is 16.5. The average molecular weight is 278 g/mol. The molecule has 0 radical (unpaired) electrons. The fraction of sp³-hybridized carbons (Fsp3) is 0.538. The average Bonchev–Trinajstić information content (AvgIpc) is 2.57. The van der Waals surface area contributed by atoms with Crippen molar-refractivity contribution in [2.24, 2.45) is 0 Å². The number of hydrogen-bond acceptors (Lipinski definition) is 6. The molecule has 1 aromatic rings. The summed E-state index contributed by atoms with van der Waals surface area (Å²) >= 11 is 0. The molecule has 108 valence electrons. The number of ether oxygens (including phenoxy) is 1. The third-order valence-electron chi connectivity index (χ3n) is 3.93. The Labute approximate surface area is 118 Å². The van der Waals surface area contributed by atoms with Crippen molar-refractivity contribution in [1.82, 2.24) is 4.98 Å². The lowest BCUT2D eigenvalue weighted by Gasteiger charge is -2.32. The maximum Gasteiger partial charge on any atom is 0.498 e. The van der Waals surface area contributed by atoms with Gasteiger partial charge in [-0.1, -0.05) is 0 Å². The summed E-state index contributed by atoms with van der Waals surface area (Å²) in [7, 11) is 0.639. The van der Waals surface area contributed by atoms with Crippen LogP contribution in [0.3, 0.4) is 0 Å². The number of methoxy groups -OCH3 is 1. The van der Waals surface area contributed by atoms with Crippen LogP contribution in [0.5, 0.6) is 0 Å². The van der Waals surface area contributed by atoms with E-state index in [-0.39, 0.29) is 11.3 Å². The zero-order chi connectivity index (χ0) is 15.1. The number of nitrogens with two attached hydrogens (primary N) is 1. The number of esters is 1. The van der Waals surface area contributed by atoms with Gasteiger partial charge in [-0.3, -0.25) is 4.98 Å². The van der Waals surface area contributed by atoms with Gasteiger partial charge in [-0.05, 0) is 27.7 Å². The minimum atomic E-state index is -0.655. The summed E-state index contributed by atoms with van der Waals surface area (Å²) in [4.78, 5) is 15.6. The van der Waals surface area contributed by atoms with Crippen LogP contribution in [-0.4, -0.2) is 36.4 Å². The molecule has 0 aliphatic carbocycles. The highest BCUT2D eigenvalue weighted by Gasteiger charge is 2.52. The van der Waals surface area contributed by atoms with E-state index in [2.05, 4.69) is 9.72 Å². The third kappa shape index (κ3) is 2.27. The molecule has 0 bridgehead atoms. The number of pyridine rings is 1. The molecular weight excluding hydrogens is 259 g/mol. The van der Waals surface area contributed by atoms with E-state index < -0.39 is 24.3 Å². The van der Waals surface area contributed by atoms with Crippen LogP contribution in [0, 0.1) is 0 Å². The lowest BCUT2D eigenvalue weighted by molar-refractivity contribution is 0.00578. The Bertz CT molecular complexity index is 529. The second-order valence-corrected chi connectivity index (χ2v) is 5.77. The zero-order valence-electron chi connectivity index (χ0n) is 12.4. The zero-order valence-corrected chi connectivity index (χ0v) is 12.4. The molecule has 6 nitrogen and oxygen atoms in total. The van der Waals surface area contributed by atoms with Crippen LogP contribution in [0.2, 0.25) is 0 Å². The Morgan fingerprint density at radius 3 is 2.30 bits per heavy atom. The number of aromatic nitrogens is 1. The van der Waals surface area contributed by atoms with E-state index in [1.165, 1.54) is 13.3 Å². The minimum Gasteiger partial charge on any atom is -0.465 e.